The lowest BCUT2D eigenvalue weighted by Gasteiger charge is -1.99. The Hall–Kier alpha value is -2.42. The third-order valence-corrected chi connectivity index (χ3v) is 3.06. The minimum Gasteiger partial charge on any atom is -0.342 e. The predicted molar refractivity (Wildman–Crippen MR) is 74.2 cm³/mol. The zero-order valence-corrected chi connectivity index (χ0v) is 10.5. The number of hydrogen-bond acceptors (Lipinski definition) is 1. The number of imidazole rings is 1. The summed E-state index contributed by atoms with van der Waals surface area (Å²) in [6, 6.07) is 16.5. The highest BCUT2D eigenvalue weighted by molar-refractivity contribution is 5.67. The molecule has 1 N–H and O–H groups in total. The molecule has 0 aliphatic carbocycles. The van der Waals surface area contributed by atoms with Crippen molar-refractivity contribution in [3.8, 4) is 22.6 Å². The second kappa shape index (κ2) is 4.69. The van der Waals surface area contributed by atoms with E-state index in [1.54, 1.807) is 12.1 Å². The highest BCUT2D eigenvalue weighted by Crippen LogP contribution is 2.27. The van der Waals surface area contributed by atoms with Crippen molar-refractivity contribution in [2.45, 2.75) is 6.92 Å². The van der Waals surface area contributed by atoms with Crippen molar-refractivity contribution in [2.75, 3.05) is 0 Å². The van der Waals surface area contributed by atoms with Gasteiger partial charge in [-0.25, -0.2) is 9.37 Å². The standard InChI is InChI=1S/C16H13FN2/c1-11-15(13-9-5-6-10-14(13)17)19-16(18-11)12-7-3-2-4-8-12/h2-10H,1H3,(H,18,19). The average molecular weight is 252 g/mol. The zero-order chi connectivity index (χ0) is 13.2. The molecule has 1 aromatic heterocycles. The lowest BCUT2D eigenvalue weighted by atomic mass is 10.1. The summed E-state index contributed by atoms with van der Waals surface area (Å²) in [5.74, 6) is 0.507. The van der Waals surface area contributed by atoms with Gasteiger partial charge in [0, 0.05) is 16.8 Å². The first kappa shape index (κ1) is 11.7. The first-order valence-corrected chi connectivity index (χ1v) is 6.12. The highest BCUT2D eigenvalue weighted by atomic mass is 19.1. The van der Waals surface area contributed by atoms with Crippen LogP contribution in [-0.4, -0.2) is 9.97 Å². The summed E-state index contributed by atoms with van der Waals surface area (Å²) < 4.78 is 13.8. The van der Waals surface area contributed by atoms with Crippen LogP contribution in [0.5, 0.6) is 0 Å². The van der Waals surface area contributed by atoms with Crippen LogP contribution in [0.1, 0.15) is 5.69 Å². The van der Waals surface area contributed by atoms with Crippen LogP contribution in [0.25, 0.3) is 22.6 Å². The smallest absolute Gasteiger partial charge is 0.138 e. The summed E-state index contributed by atoms with van der Waals surface area (Å²) >= 11 is 0. The van der Waals surface area contributed by atoms with Crippen LogP contribution in [0.2, 0.25) is 0 Å². The molecule has 0 spiro atoms. The van der Waals surface area contributed by atoms with Gasteiger partial charge in [0.15, 0.2) is 0 Å². The maximum absolute atomic E-state index is 13.8. The van der Waals surface area contributed by atoms with E-state index in [1.165, 1.54) is 6.07 Å². The Morgan fingerprint density at radius 3 is 2.37 bits per heavy atom. The lowest BCUT2D eigenvalue weighted by Crippen LogP contribution is -1.86. The number of aromatic amines is 1. The van der Waals surface area contributed by atoms with Crippen molar-refractivity contribution in [1.82, 2.24) is 9.97 Å². The molecule has 0 saturated heterocycles. The van der Waals surface area contributed by atoms with Crippen LogP contribution < -0.4 is 0 Å². The quantitative estimate of drug-likeness (QED) is 0.727. The van der Waals surface area contributed by atoms with Gasteiger partial charge in [-0.1, -0.05) is 42.5 Å². The molecular weight excluding hydrogens is 239 g/mol. The number of aryl methyl sites for hydroxylation is 1. The van der Waals surface area contributed by atoms with Gasteiger partial charge < -0.3 is 4.98 Å². The number of rotatable bonds is 2. The summed E-state index contributed by atoms with van der Waals surface area (Å²) in [7, 11) is 0. The molecular formula is C16H13FN2. The Bertz CT molecular complexity index is 702. The highest BCUT2D eigenvalue weighted by Gasteiger charge is 2.13. The first-order chi connectivity index (χ1) is 9.25. The van der Waals surface area contributed by atoms with Gasteiger partial charge >= 0.3 is 0 Å². The fraction of sp³-hybridized carbons (Fsp3) is 0.0625. The molecule has 0 fully saturated rings. The van der Waals surface area contributed by atoms with Gasteiger partial charge in [-0.2, -0.15) is 0 Å². The van der Waals surface area contributed by atoms with Crippen molar-refractivity contribution in [1.29, 1.82) is 0 Å². The molecule has 3 heteroatoms. The van der Waals surface area contributed by atoms with Gasteiger partial charge in [0.1, 0.15) is 11.6 Å². The summed E-state index contributed by atoms with van der Waals surface area (Å²) in [6.45, 7) is 1.90. The topological polar surface area (TPSA) is 28.7 Å². The van der Waals surface area contributed by atoms with Gasteiger partial charge in [0.25, 0.3) is 0 Å². The monoisotopic (exact) mass is 252 g/mol. The molecule has 0 atom stereocenters. The van der Waals surface area contributed by atoms with E-state index in [2.05, 4.69) is 9.97 Å². The fourth-order valence-electron chi connectivity index (χ4n) is 2.11. The summed E-state index contributed by atoms with van der Waals surface area (Å²) in [5.41, 5.74) is 3.05. The Labute approximate surface area is 111 Å². The van der Waals surface area contributed by atoms with E-state index in [0.717, 1.165) is 17.1 Å². The third kappa shape index (κ3) is 2.15. The lowest BCUT2D eigenvalue weighted by molar-refractivity contribution is 0.630. The summed E-state index contributed by atoms with van der Waals surface area (Å²) in [4.78, 5) is 7.72. The van der Waals surface area contributed by atoms with Gasteiger partial charge in [0.05, 0.1) is 5.69 Å². The Kier molecular flexibility index (Phi) is 2.88. The Balaban J connectivity index is 2.11. The number of benzene rings is 2. The maximum atomic E-state index is 13.8. The third-order valence-electron chi connectivity index (χ3n) is 3.06. The molecule has 1 heterocycles. The fourth-order valence-corrected chi connectivity index (χ4v) is 2.11. The number of H-pyrrole nitrogens is 1. The number of hydrogen-bond donors (Lipinski definition) is 1. The van der Waals surface area contributed by atoms with Crippen LogP contribution in [0.15, 0.2) is 54.6 Å². The average Bonchev–Trinajstić information content (AvgIpc) is 2.82. The van der Waals surface area contributed by atoms with Gasteiger partial charge in [0.2, 0.25) is 0 Å². The van der Waals surface area contributed by atoms with E-state index in [0.29, 0.717) is 11.3 Å². The molecule has 0 radical (unpaired) electrons. The SMILES string of the molecule is Cc1[nH]c(-c2ccccc2)nc1-c1ccccc1F. The first-order valence-electron chi connectivity index (χ1n) is 6.12. The predicted octanol–water partition coefficient (Wildman–Crippen LogP) is 4.19. The molecule has 0 bridgehead atoms. The number of aromatic nitrogens is 2. The second-order valence-corrected chi connectivity index (χ2v) is 4.40. The molecule has 0 saturated carbocycles. The molecule has 0 aliphatic rings. The van der Waals surface area contributed by atoms with Crippen LogP contribution in [0.3, 0.4) is 0 Å². The van der Waals surface area contributed by atoms with E-state index in [1.807, 2.05) is 43.3 Å². The van der Waals surface area contributed by atoms with Gasteiger partial charge in [-0.05, 0) is 19.1 Å². The van der Waals surface area contributed by atoms with Crippen molar-refractivity contribution >= 4 is 0 Å². The summed E-state index contributed by atoms with van der Waals surface area (Å²) in [6.07, 6.45) is 0. The van der Waals surface area contributed by atoms with Crippen LogP contribution >= 0.6 is 0 Å². The Morgan fingerprint density at radius 2 is 1.63 bits per heavy atom. The maximum Gasteiger partial charge on any atom is 0.138 e. The van der Waals surface area contributed by atoms with E-state index in [4.69, 9.17) is 0 Å². The van der Waals surface area contributed by atoms with E-state index in [-0.39, 0.29) is 5.82 Å². The Morgan fingerprint density at radius 1 is 0.947 bits per heavy atom. The summed E-state index contributed by atoms with van der Waals surface area (Å²) in [5, 5.41) is 0. The van der Waals surface area contributed by atoms with Crippen molar-refractivity contribution in [3.63, 3.8) is 0 Å². The minimum absolute atomic E-state index is 0.253. The molecule has 94 valence electrons. The van der Waals surface area contributed by atoms with Crippen molar-refractivity contribution < 1.29 is 4.39 Å². The van der Waals surface area contributed by atoms with Crippen molar-refractivity contribution in [3.05, 3.63) is 66.1 Å². The number of nitrogens with one attached hydrogen (secondary N) is 1. The second-order valence-electron chi connectivity index (χ2n) is 4.40. The molecule has 3 rings (SSSR count). The van der Waals surface area contributed by atoms with Crippen LogP contribution in [0, 0.1) is 12.7 Å². The van der Waals surface area contributed by atoms with Crippen LogP contribution in [-0.2, 0) is 0 Å². The molecule has 0 aliphatic heterocycles. The molecule has 19 heavy (non-hydrogen) atoms. The normalized spacial score (nSPS) is 10.6. The molecule has 2 aromatic carbocycles. The largest absolute Gasteiger partial charge is 0.342 e. The van der Waals surface area contributed by atoms with Gasteiger partial charge in [-0.3, -0.25) is 0 Å². The minimum atomic E-state index is -0.253. The number of nitrogens with zero attached hydrogens (tertiary/aromatic N) is 1. The molecule has 3 aromatic rings. The van der Waals surface area contributed by atoms with E-state index < -0.39 is 0 Å². The number of halogens is 1. The molecule has 0 unspecified atom stereocenters. The van der Waals surface area contributed by atoms with Gasteiger partial charge in [-0.15, -0.1) is 0 Å². The van der Waals surface area contributed by atoms with E-state index >= 15 is 0 Å². The molecule has 0 amide bonds. The van der Waals surface area contributed by atoms with E-state index in [9.17, 15) is 4.39 Å². The molecule has 2 nitrogen and oxygen atoms in total. The van der Waals surface area contributed by atoms with Crippen LogP contribution in [0.4, 0.5) is 4.39 Å². The van der Waals surface area contributed by atoms with Crippen molar-refractivity contribution in [2.24, 2.45) is 0 Å². The zero-order valence-electron chi connectivity index (χ0n) is 10.5.